The summed E-state index contributed by atoms with van der Waals surface area (Å²) < 4.78 is 0. The molecule has 62 valence electrons. The molecule has 12 heavy (non-hydrogen) atoms. The predicted molar refractivity (Wildman–Crippen MR) is 50.3 cm³/mol. The van der Waals surface area contributed by atoms with E-state index in [9.17, 15) is 0 Å². The van der Waals surface area contributed by atoms with Crippen LogP contribution in [-0.2, 0) is 6.42 Å². The minimum atomic E-state index is 0.663. The van der Waals surface area contributed by atoms with E-state index < -0.39 is 0 Å². The van der Waals surface area contributed by atoms with Gasteiger partial charge in [-0.05, 0) is 42.2 Å². The molecule has 1 aromatic carbocycles. The van der Waals surface area contributed by atoms with Crippen molar-refractivity contribution in [2.45, 2.75) is 32.6 Å². The van der Waals surface area contributed by atoms with Gasteiger partial charge in [0, 0.05) is 0 Å². The Bertz CT molecular complexity index is 351. The maximum atomic E-state index is 2.42. The molecule has 0 heterocycles. The van der Waals surface area contributed by atoms with Crippen LogP contribution in [0, 0.1) is 12.3 Å². The molecule has 2 aliphatic carbocycles. The third kappa shape index (κ3) is 0.682. The van der Waals surface area contributed by atoms with Gasteiger partial charge in [-0.25, -0.2) is 0 Å². The molecule has 0 nitrogen and oxygen atoms in total. The van der Waals surface area contributed by atoms with Gasteiger partial charge in [-0.1, -0.05) is 30.7 Å². The molecule has 3 rings (SSSR count). The predicted octanol–water partition coefficient (Wildman–Crippen LogP) is 3.04. The largest absolute Gasteiger partial charge is 0.0590 e. The van der Waals surface area contributed by atoms with E-state index in [1.807, 2.05) is 0 Å². The normalized spacial score (nSPS) is 36.0. The summed E-state index contributed by atoms with van der Waals surface area (Å²) in [6.45, 7) is 4.62. The first-order valence-corrected chi connectivity index (χ1v) is 4.78. The standard InChI is InChI=1S/C12H14/c1-8-3-4-9-6-12(2)7-11(12)10(9)5-8/h3-5,11H,6-7H2,1-2H3. The van der Waals surface area contributed by atoms with Crippen molar-refractivity contribution in [3.05, 3.63) is 34.9 Å². The Morgan fingerprint density at radius 1 is 1.42 bits per heavy atom. The molecule has 0 aromatic heterocycles. The Balaban J connectivity index is 2.16. The van der Waals surface area contributed by atoms with Gasteiger partial charge in [-0.3, -0.25) is 0 Å². The van der Waals surface area contributed by atoms with Crippen molar-refractivity contribution in [3.63, 3.8) is 0 Å². The van der Waals surface area contributed by atoms with E-state index in [0.29, 0.717) is 5.41 Å². The number of aryl methyl sites for hydroxylation is 1. The second kappa shape index (κ2) is 1.76. The van der Waals surface area contributed by atoms with Gasteiger partial charge in [0.15, 0.2) is 0 Å². The van der Waals surface area contributed by atoms with Crippen LogP contribution in [0.15, 0.2) is 18.2 Å². The molecule has 2 aliphatic rings. The lowest BCUT2D eigenvalue weighted by molar-refractivity contribution is 0.579. The van der Waals surface area contributed by atoms with Gasteiger partial charge < -0.3 is 0 Å². The summed E-state index contributed by atoms with van der Waals surface area (Å²) in [6, 6.07) is 6.95. The minimum absolute atomic E-state index is 0.663. The van der Waals surface area contributed by atoms with E-state index in [2.05, 4.69) is 32.0 Å². The summed E-state index contributed by atoms with van der Waals surface area (Å²) in [4.78, 5) is 0. The molecule has 2 unspecified atom stereocenters. The minimum Gasteiger partial charge on any atom is -0.0590 e. The van der Waals surface area contributed by atoms with E-state index >= 15 is 0 Å². The van der Waals surface area contributed by atoms with Crippen LogP contribution in [-0.4, -0.2) is 0 Å². The molecule has 0 N–H and O–H groups in total. The van der Waals surface area contributed by atoms with Crippen molar-refractivity contribution in [1.82, 2.24) is 0 Å². The van der Waals surface area contributed by atoms with Gasteiger partial charge in [-0.2, -0.15) is 0 Å². The Morgan fingerprint density at radius 3 is 3.08 bits per heavy atom. The van der Waals surface area contributed by atoms with Crippen LogP contribution in [0.25, 0.3) is 0 Å². The third-order valence-corrected chi connectivity index (χ3v) is 3.62. The van der Waals surface area contributed by atoms with Crippen LogP contribution in [0.4, 0.5) is 0 Å². The van der Waals surface area contributed by atoms with Crippen molar-refractivity contribution in [2.24, 2.45) is 5.41 Å². The lowest BCUT2D eigenvalue weighted by Gasteiger charge is -2.03. The Labute approximate surface area is 73.6 Å². The summed E-state index contributed by atoms with van der Waals surface area (Å²) in [5.41, 5.74) is 5.35. The maximum absolute atomic E-state index is 2.42. The Kier molecular flexibility index (Phi) is 0.983. The average molecular weight is 158 g/mol. The fourth-order valence-corrected chi connectivity index (χ4v) is 2.72. The number of benzene rings is 1. The highest BCUT2D eigenvalue weighted by atomic mass is 14.6. The van der Waals surface area contributed by atoms with Crippen LogP contribution in [0.2, 0.25) is 0 Å². The van der Waals surface area contributed by atoms with E-state index in [1.165, 1.54) is 18.4 Å². The smallest absolute Gasteiger partial charge is 0.00962 e. The molecule has 0 aliphatic heterocycles. The summed E-state index contributed by atoms with van der Waals surface area (Å²) in [5.74, 6) is 0.910. The molecule has 0 saturated heterocycles. The molecule has 0 heteroatoms. The van der Waals surface area contributed by atoms with Gasteiger partial charge >= 0.3 is 0 Å². The lowest BCUT2D eigenvalue weighted by atomic mass is 10.0. The highest BCUT2D eigenvalue weighted by molar-refractivity contribution is 5.46. The number of hydrogen-bond acceptors (Lipinski definition) is 0. The third-order valence-electron chi connectivity index (χ3n) is 3.62. The van der Waals surface area contributed by atoms with Crippen LogP contribution in [0.1, 0.15) is 36.0 Å². The number of fused-ring (bicyclic) bond motifs is 3. The maximum Gasteiger partial charge on any atom is -0.00962 e. The zero-order valence-corrected chi connectivity index (χ0v) is 7.72. The first-order valence-electron chi connectivity index (χ1n) is 4.78. The van der Waals surface area contributed by atoms with Crippen molar-refractivity contribution in [2.75, 3.05) is 0 Å². The summed E-state index contributed by atoms with van der Waals surface area (Å²) in [6.07, 6.45) is 2.76. The first-order chi connectivity index (χ1) is 5.69. The van der Waals surface area contributed by atoms with Gasteiger partial charge in [0.25, 0.3) is 0 Å². The number of hydrogen-bond donors (Lipinski definition) is 0. The van der Waals surface area contributed by atoms with Gasteiger partial charge in [0.1, 0.15) is 0 Å². The van der Waals surface area contributed by atoms with Gasteiger partial charge in [-0.15, -0.1) is 0 Å². The highest BCUT2D eigenvalue weighted by Gasteiger charge is 2.55. The van der Waals surface area contributed by atoms with E-state index in [-0.39, 0.29) is 0 Å². The lowest BCUT2D eigenvalue weighted by Crippen LogP contribution is -1.93. The zero-order chi connectivity index (χ0) is 8.34. The van der Waals surface area contributed by atoms with E-state index in [1.54, 1.807) is 11.1 Å². The van der Waals surface area contributed by atoms with E-state index in [4.69, 9.17) is 0 Å². The summed E-state index contributed by atoms with van der Waals surface area (Å²) in [5, 5.41) is 0. The molecule has 1 fully saturated rings. The average Bonchev–Trinajstić information content (AvgIpc) is 2.60. The SMILES string of the molecule is Cc1ccc2c(c1)C1CC1(C)C2. The monoisotopic (exact) mass is 158 g/mol. The van der Waals surface area contributed by atoms with E-state index in [0.717, 1.165) is 5.92 Å². The summed E-state index contributed by atoms with van der Waals surface area (Å²) in [7, 11) is 0. The fraction of sp³-hybridized carbons (Fsp3) is 0.500. The topological polar surface area (TPSA) is 0 Å². The Hall–Kier alpha value is -0.780. The second-order valence-corrected chi connectivity index (χ2v) is 4.79. The van der Waals surface area contributed by atoms with Crippen molar-refractivity contribution in [1.29, 1.82) is 0 Å². The van der Waals surface area contributed by atoms with Crippen LogP contribution in [0.5, 0.6) is 0 Å². The first kappa shape index (κ1) is 6.71. The fourth-order valence-electron chi connectivity index (χ4n) is 2.72. The van der Waals surface area contributed by atoms with Crippen molar-refractivity contribution >= 4 is 0 Å². The van der Waals surface area contributed by atoms with Crippen molar-refractivity contribution < 1.29 is 0 Å². The zero-order valence-electron chi connectivity index (χ0n) is 7.72. The second-order valence-electron chi connectivity index (χ2n) is 4.79. The molecule has 2 atom stereocenters. The molecular formula is C12H14. The van der Waals surface area contributed by atoms with Crippen LogP contribution in [0.3, 0.4) is 0 Å². The van der Waals surface area contributed by atoms with Gasteiger partial charge in [0.2, 0.25) is 0 Å². The summed E-state index contributed by atoms with van der Waals surface area (Å²) >= 11 is 0. The molecular weight excluding hydrogens is 144 g/mol. The van der Waals surface area contributed by atoms with Crippen LogP contribution < -0.4 is 0 Å². The molecule has 0 bridgehead atoms. The number of rotatable bonds is 0. The molecule has 1 aromatic rings. The highest BCUT2D eigenvalue weighted by Crippen LogP contribution is 2.66. The molecule has 0 spiro atoms. The van der Waals surface area contributed by atoms with Gasteiger partial charge in [0.05, 0.1) is 0 Å². The van der Waals surface area contributed by atoms with Crippen molar-refractivity contribution in [3.8, 4) is 0 Å². The van der Waals surface area contributed by atoms with Crippen LogP contribution >= 0.6 is 0 Å². The molecule has 0 radical (unpaired) electrons. The Morgan fingerprint density at radius 2 is 2.25 bits per heavy atom. The molecule has 0 amide bonds. The quantitative estimate of drug-likeness (QED) is 0.544. The molecule has 1 saturated carbocycles.